The number of hydrogen-bond donors (Lipinski definition) is 3. The van der Waals surface area contributed by atoms with Crippen LogP contribution in [0.5, 0.6) is 5.75 Å². The van der Waals surface area contributed by atoms with Gasteiger partial charge >= 0.3 is 0 Å². The molecule has 0 unspecified atom stereocenters. The molecule has 5 nitrogen and oxygen atoms in total. The molecule has 0 aliphatic heterocycles. The topological polar surface area (TPSA) is 71.7 Å². The fourth-order valence-electron chi connectivity index (χ4n) is 1.35. The Morgan fingerprint density at radius 3 is 2.82 bits per heavy atom. The van der Waals surface area contributed by atoms with Gasteiger partial charge < -0.3 is 10.1 Å². The third kappa shape index (κ3) is 4.32. The Bertz CT molecular complexity index is 365. The van der Waals surface area contributed by atoms with Crippen molar-refractivity contribution in [1.82, 2.24) is 5.43 Å². The van der Waals surface area contributed by atoms with Gasteiger partial charge in [-0.1, -0.05) is 25.5 Å². The third-order valence-electron chi connectivity index (χ3n) is 2.28. The van der Waals surface area contributed by atoms with Crippen LogP contribution in [-0.4, -0.2) is 19.6 Å². The molecule has 4 N–H and O–H groups in total. The van der Waals surface area contributed by atoms with Crippen molar-refractivity contribution in [2.75, 3.05) is 19.0 Å². The predicted octanol–water partition coefficient (Wildman–Crippen LogP) is 1.73. The van der Waals surface area contributed by atoms with Crippen LogP contribution in [0.1, 0.15) is 19.8 Å². The van der Waals surface area contributed by atoms with E-state index in [0.29, 0.717) is 5.96 Å². The number of ether oxygens (including phenoxy) is 1. The van der Waals surface area contributed by atoms with Gasteiger partial charge in [-0.05, 0) is 18.6 Å². The fraction of sp³-hybridized carbons (Fsp3) is 0.417. The number of aliphatic imine (C=N–C) groups is 1. The Hall–Kier alpha value is -1.75. The molecular formula is C12H20N4O. The Balaban J connectivity index is 2.69. The number of anilines is 1. The smallest absolute Gasteiger partial charge is 0.210 e. The number of nitrogens with two attached hydrogens (primary N) is 1. The van der Waals surface area contributed by atoms with E-state index in [4.69, 9.17) is 10.6 Å². The first kappa shape index (κ1) is 13.3. The first-order valence-electron chi connectivity index (χ1n) is 5.73. The van der Waals surface area contributed by atoms with Crippen LogP contribution in [0.2, 0.25) is 0 Å². The van der Waals surface area contributed by atoms with E-state index in [1.54, 1.807) is 7.11 Å². The van der Waals surface area contributed by atoms with Crippen LogP contribution in [0.3, 0.4) is 0 Å². The summed E-state index contributed by atoms with van der Waals surface area (Å²) in [6, 6.07) is 7.62. The minimum absolute atomic E-state index is 0.544. The molecule has 0 saturated heterocycles. The zero-order valence-corrected chi connectivity index (χ0v) is 10.4. The Morgan fingerprint density at radius 1 is 1.41 bits per heavy atom. The molecule has 0 heterocycles. The van der Waals surface area contributed by atoms with Gasteiger partial charge in [0.25, 0.3) is 0 Å². The highest BCUT2D eigenvalue weighted by Crippen LogP contribution is 2.22. The lowest BCUT2D eigenvalue weighted by molar-refractivity contribution is 0.417. The summed E-state index contributed by atoms with van der Waals surface area (Å²) in [4.78, 5) is 4.32. The van der Waals surface area contributed by atoms with Gasteiger partial charge in [-0.2, -0.15) is 0 Å². The van der Waals surface area contributed by atoms with Crippen LogP contribution in [0.15, 0.2) is 29.3 Å². The fourth-order valence-corrected chi connectivity index (χ4v) is 1.35. The third-order valence-corrected chi connectivity index (χ3v) is 2.28. The van der Waals surface area contributed by atoms with Crippen LogP contribution in [-0.2, 0) is 0 Å². The van der Waals surface area contributed by atoms with Crippen molar-refractivity contribution >= 4 is 11.6 Å². The van der Waals surface area contributed by atoms with Crippen molar-refractivity contribution in [3.05, 3.63) is 24.3 Å². The van der Waals surface area contributed by atoms with E-state index in [1.165, 1.54) is 0 Å². The van der Waals surface area contributed by atoms with Crippen LogP contribution in [0.4, 0.5) is 5.69 Å². The molecule has 1 rings (SSSR count). The minimum atomic E-state index is 0.544. The molecule has 0 spiro atoms. The summed E-state index contributed by atoms with van der Waals surface area (Å²) < 4.78 is 5.23. The lowest BCUT2D eigenvalue weighted by atomic mass is 10.3. The van der Waals surface area contributed by atoms with Crippen LogP contribution in [0.25, 0.3) is 0 Å². The van der Waals surface area contributed by atoms with Crippen molar-refractivity contribution in [2.45, 2.75) is 19.8 Å². The first-order valence-corrected chi connectivity index (χ1v) is 5.73. The van der Waals surface area contributed by atoms with E-state index in [1.807, 2.05) is 24.3 Å². The maximum Gasteiger partial charge on any atom is 0.210 e. The molecule has 1 aromatic carbocycles. The molecular weight excluding hydrogens is 216 g/mol. The van der Waals surface area contributed by atoms with Crippen LogP contribution < -0.4 is 21.3 Å². The number of rotatable bonds is 5. The molecule has 17 heavy (non-hydrogen) atoms. The molecule has 0 bridgehead atoms. The zero-order valence-electron chi connectivity index (χ0n) is 10.4. The quantitative estimate of drug-likeness (QED) is 0.239. The number of nitrogens with one attached hydrogen (secondary N) is 2. The van der Waals surface area contributed by atoms with E-state index in [0.717, 1.165) is 30.8 Å². The highest BCUT2D eigenvalue weighted by atomic mass is 16.5. The van der Waals surface area contributed by atoms with E-state index < -0.39 is 0 Å². The highest BCUT2D eigenvalue weighted by molar-refractivity contribution is 5.94. The summed E-state index contributed by atoms with van der Waals surface area (Å²) in [5.41, 5.74) is 3.38. The average Bonchev–Trinajstić information content (AvgIpc) is 2.38. The molecule has 0 fully saturated rings. The van der Waals surface area contributed by atoms with Gasteiger partial charge in [0.2, 0.25) is 5.96 Å². The number of hydrogen-bond acceptors (Lipinski definition) is 3. The largest absolute Gasteiger partial charge is 0.495 e. The minimum Gasteiger partial charge on any atom is -0.495 e. The number of unbranched alkanes of at least 4 members (excludes halogenated alkanes) is 1. The summed E-state index contributed by atoms with van der Waals surface area (Å²) in [5, 5.41) is 3.10. The number of methoxy groups -OCH3 is 1. The monoisotopic (exact) mass is 236 g/mol. The van der Waals surface area contributed by atoms with Gasteiger partial charge in [0, 0.05) is 6.54 Å². The first-order chi connectivity index (χ1) is 8.31. The van der Waals surface area contributed by atoms with E-state index in [9.17, 15) is 0 Å². The SMILES string of the molecule is CCCCN=C(NN)Nc1ccccc1OC. The summed E-state index contributed by atoms with van der Waals surface area (Å²) >= 11 is 0. The van der Waals surface area contributed by atoms with Gasteiger partial charge in [0.15, 0.2) is 0 Å². The van der Waals surface area contributed by atoms with E-state index >= 15 is 0 Å². The Morgan fingerprint density at radius 2 is 2.18 bits per heavy atom. The molecule has 0 aliphatic rings. The van der Waals surface area contributed by atoms with Crippen molar-refractivity contribution in [1.29, 1.82) is 0 Å². The van der Waals surface area contributed by atoms with Crippen molar-refractivity contribution in [2.24, 2.45) is 10.8 Å². The second-order valence-electron chi connectivity index (χ2n) is 3.55. The molecule has 0 amide bonds. The summed E-state index contributed by atoms with van der Waals surface area (Å²) in [7, 11) is 1.63. The Labute approximate surface area is 102 Å². The molecule has 0 atom stereocenters. The number of nitrogens with zero attached hydrogens (tertiary/aromatic N) is 1. The van der Waals surface area contributed by atoms with Crippen molar-refractivity contribution < 1.29 is 4.74 Å². The second kappa shape index (κ2) is 7.51. The number of hydrazine groups is 1. The molecule has 1 aromatic rings. The van der Waals surface area contributed by atoms with Crippen LogP contribution >= 0.6 is 0 Å². The lowest BCUT2D eigenvalue weighted by Gasteiger charge is -2.12. The molecule has 5 heteroatoms. The summed E-state index contributed by atoms with van der Waals surface area (Å²) in [5.74, 6) is 6.71. The lowest BCUT2D eigenvalue weighted by Crippen LogP contribution is -2.36. The van der Waals surface area contributed by atoms with Gasteiger partial charge in [-0.3, -0.25) is 10.4 Å². The van der Waals surface area contributed by atoms with Crippen molar-refractivity contribution in [3.8, 4) is 5.75 Å². The molecule has 0 radical (unpaired) electrons. The molecule has 94 valence electrons. The normalized spacial score (nSPS) is 11.1. The number of para-hydroxylation sites is 2. The molecule has 0 saturated carbocycles. The standard InChI is InChI=1S/C12H20N4O/c1-3-4-9-14-12(16-13)15-10-7-5-6-8-11(10)17-2/h5-8H,3-4,9,13H2,1-2H3,(H2,14,15,16). The van der Waals surface area contributed by atoms with Gasteiger partial charge in [0.05, 0.1) is 12.8 Å². The maximum atomic E-state index is 5.41. The number of benzene rings is 1. The van der Waals surface area contributed by atoms with E-state index in [2.05, 4.69) is 22.7 Å². The number of guanidine groups is 1. The molecule has 0 aliphatic carbocycles. The van der Waals surface area contributed by atoms with Gasteiger partial charge in [-0.25, -0.2) is 5.84 Å². The summed E-state index contributed by atoms with van der Waals surface area (Å²) in [6.07, 6.45) is 2.15. The Kier molecular flexibility index (Phi) is 5.88. The molecule has 0 aromatic heterocycles. The van der Waals surface area contributed by atoms with Gasteiger partial charge in [-0.15, -0.1) is 0 Å². The maximum absolute atomic E-state index is 5.41. The second-order valence-corrected chi connectivity index (χ2v) is 3.55. The zero-order chi connectivity index (χ0) is 12.5. The average molecular weight is 236 g/mol. The van der Waals surface area contributed by atoms with Crippen LogP contribution in [0, 0.1) is 0 Å². The predicted molar refractivity (Wildman–Crippen MR) is 71.1 cm³/mol. The highest BCUT2D eigenvalue weighted by Gasteiger charge is 2.03. The summed E-state index contributed by atoms with van der Waals surface area (Å²) in [6.45, 7) is 2.87. The van der Waals surface area contributed by atoms with Crippen molar-refractivity contribution in [3.63, 3.8) is 0 Å². The van der Waals surface area contributed by atoms with E-state index in [-0.39, 0.29) is 0 Å². The van der Waals surface area contributed by atoms with Gasteiger partial charge in [0.1, 0.15) is 5.75 Å².